The highest BCUT2D eigenvalue weighted by Gasteiger charge is 2.18. The van der Waals surface area contributed by atoms with E-state index >= 15 is 0 Å². The van der Waals surface area contributed by atoms with E-state index in [0.29, 0.717) is 27.7 Å². The Morgan fingerprint density at radius 2 is 2.05 bits per heavy atom. The molecule has 114 valence electrons. The monoisotopic (exact) mass is 313 g/mol. The molecule has 0 unspecified atom stereocenters. The molecule has 3 rings (SSSR count). The zero-order valence-corrected chi connectivity index (χ0v) is 13.3. The van der Waals surface area contributed by atoms with Crippen molar-refractivity contribution >= 4 is 22.7 Å². The van der Waals surface area contributed by atoms with Gasteiger partial charge in [-0.3, -0.25) is 9.36 Å². The van der Waals surface area contributed by atoms with Gasteiger partial charge < -0.3 is 0 Å². The molecule has 1 aromatic carbocycles. The molecule has 0 N–H and O–H groups in total. The molecule has 0 radical (unpaired) electrons. The van der Waals surface area contributed by atoms with Crippen molar-refractivity contribution in [1.29, 1.82) is 5.26 Å². The number of nitrogens with zero attached hydrogens (tertiary/aromatic N) is 3. The van der Waals surface area contributed by atoms with E-state index in [2.05, 4.69) is 11.1 Å². The molecule has 4 nitrogen and oxygen atoms in total. The van der Waals surface area contributed by atoms with E-state index in [1.54, 1.807) is 4.57 Å². The molecule has 0 atom stereocenters. The Morgan fingerprint density at radius 1 is 1.27 bits per heavy atom. The van der Waals surface area contributed by atoms with Crippen molar-refractivity contribution in [3.8, 4) is 6.07 Å². The summed E-state index contributed by atoms with van der Waals surface area (Å²) in [6, 6.07) is 9.58. The molecular weight excluding hydrogens is 294 g/mol. The maximum atomic E-state index is 12.8. The first kappa shape index (κ1) is 15.1. The van der Waals surface area contributed by atoms with Crippen molar-refractivity contribution in [1.82, 2.24) is 9.55 Å². The van der Waals surface area contributed by atoms with Gasteiger partial charge in [-0.1, -0.05) is 43.2 Å². The molecule has 5 heteroatoms. The van der Waals surface area contributed by atoms with Gasteiger partial charge in [-0.25, -0.2) is 4.98 Å². The van der Waals surface area contributed by atoms with E-state index in [0.717, 1.165) is 6.54 Å². The highest BCUT2D eigenvalue weighted by atomic mass is 32.2. The molecule has 1 fully saturated rings. The number of hydrogen-bond acceptors (Lipinski definition) is 4. The second-order valence-corrected chi connectivity index (χ2v) is 6.72. The number of hydrogen-bond donors (Lipinski definition) is 0. The molecule has 0 amide bonds. The van der Waals surface area contributed by atoms with Crippen molar-refractivity contribution < 1.29 is 0 Å². The second kappa shape index (κ2) is 6.97. The zero-order chi connectivity index (χ0) is 15.4. The van der Waals surface area contributed by atoms with Crippen LogP contribution in [0.25, 0.3) is 10.9 Å². The van der Waals surface area contributed by atoms with Crippen LogP contribution in [-0.4, -0.2) is 15.3 Å². The summed E-state index contributed by atoms with van der Waals surface area (Å²) in [5.74, 6) is 0.867. The van der Waals surface area contributed by atoms with E-state index in [4.69, 9.17) is 5.26 Å². The number of thioether (sulfide) groups is 1. The summed E-state index contributed by atoms with van der Waals surface area (Å²) < 4.78 is 1.79. The third-order valence-corrected chi connectivity index (χ3v) is 5.10. The molecule has 1 aromatic heterocycles. The van der Waals surface area contributed by atoms with Gasteiger partial charge in [0.25, 0.3) is 5.56 Å². The average Bonchev–Trinajstić information content (AvgIpc) is 2.57. The first-order chi connectivity index (χ1) is 10.8. The number of benzene rings is 1. The molecule has 0 spiro atoms. The number of aromatic nitrogens is 2. The molecule has 1 heterocycles. The lowest BCUT2D eigenvalue weighted by Gasteiger charge is -2.23. The Bertz CT molecular complexity index is 757. The second-order valence-electron chi connectivity index (χ2n) is 5.78. The molecule has 1 aliphatic rings. The van der Waals surface area contributed by atoms with Gasteiger partial charge in [0.2, 0.25) is 0 Å². The van der Waals surface area contributed by atoms with Crippen molar-refractivity contribution in [2.24, 2.45) is 5.92 Å². The summed E-state index contributed by atoms with van der Waals surface area (Å²) in [6.45, 7) is 0.727. The van der Waals surface area contributed by atoms with Crippen molar-refractivity contribution in [3.05, 3.63) is 34.6 Å². The van der Waals surface area contributed by atoms with Crippen LogP contribution in [0.4, 0.5) is 0 Å². The molecular formula is C17H19N3OS. The van der Waals surface area contributed by atoms with Gasteiger partial charge in [-0.15, -0.1) is 0 Å². The van der Waals surface area contributed by atoms with Crippen molar-refractivity contribution in [2.75, 3.05) is 5.75 Å². The summed E-state index contributed by atoms with van der Waals surface area (Å²) >= 11 is 1.36. The quantitative estimate of drug-likeness (QED) is 0.639. The first-order valence-electron chi connectivity index (χ1n) is 7.79. The smallest absolute Gasteiger partial charge is 0.262 e. The largest absolute Gasteiger partial charge is 0.287 e. The van der Waals surface area contributed by atoms with Gasteiger partial charge in [-0.2, -0.15) is 5.26 Å². The van der Waals surface area contributed by atoms with Crippen LogP contribution in [0.5, 0.6) is 0 Å². The summed E-state index contributed by atoms with van der Waals surface area (Å²) in [6.07, 6.45) is 6.17. The Morgan fingerprint density at radius 3 is 2.82 bits per heavy atom. The minimum Gasteiger partial charge on any atom is -0.287 e. The summed E-state index contributed by atoms with van der Waals surface area (Å²) in [7, 11) is 0. The fourth-order valence-corrected chi connectivity index (χ4v) is 3.81. The van der Waals surface area contributed by atoms with Gasteiger partial charge >= 0.3 is 0 Å². The van der Waals surface area contributed by atoms with Crippen LogP contribution in [0, 0.1) is 17.2 Å². The van der Waals surface area contributed by atoms with Gasteiger partial charge in [0.1, 0.15) is 0 Å². The van der Waals surface area contributed by atoms with Crippen LogP contribution in [0.15, 0.2) is 34.2 Å². The zero-order valence-electron chi connectivity index (χ0n) is 12.5. The predicted octanol–water partition coefficient (Wildman–Crippen LogP) is 3.59. The lowest BCUT2D eigenvalue weighted by molar-refractivity contribution is 0.306. The van der Waals surface area contributed by atoms with Crippen LogP contribution in [0.2, 0.25) is 0 Å². The fraction of sp³-hybridized carbons (Fsp3) is 0.471. The number of para-hydroxylation sites is 1. The van der Waals surface area contributed by atoms with E-state index in [9.17, 15) is 4.79 Å². The number of nitriles is 1. The summed E-state index contributed by atoms with van der Waals surface area (Å²) in [4.78, 5) is 17.4. The van der Waals surface area contributed by atoms with Crippen molar-refractivity contribution in [2.45, 2.75) is 43.8 Å². The molecule has 1 aliphatic carbocycles. The van der Waals surface area contributed by atoms with Gasteiger partial charge in [-0.05, 0) is 30.9 Å². The van der Waals surface area contributed by atoms with Crippen LogP contribution in [-0.2, 0) is 6.54 Å². The highest BCUT2D eigenvalue weighted by Crippen LogP contribution is 2.26. The lowest BCUT2D eigenvalue weighted by Crippen LogP contribution is -2.27. The van der Waals surface area contributed by atoms with E-state index in [1.165, 1.54) is 43.9 Å². The maximum Gasteiger partial charge on any atom is 0.262 e. The predicted molar refractivity (Wildman–Crippen MR) is 88.9 cm³/mol. The molecule has 0 bridgehead atoms. The number of fused-ring (bicyclic) bond motifs is 1. The molecule has 1 saturated carbocycles. The minimum atomic E-state index is 0.0246. The third kappa shape index (κ3) is 3.17. The lowest BCUT2D eigenvalue weighted by atomic mass is 9.89. The number of rotatable bonds is 4. The minimum absolute atomic E-state index is 0.0246. The van der Waals surface area contributed by atoms with Crippen LogP contribution >= 0.6 is 11.8 Å². The molecule has 0 aliphatic heterocycles. The van der Waals surface area contributed by atoms with E-state index in [-0.39, 0.29) is 5.56 Å². The van der Waals surface area contributed by atoms with Crippen LogP contribution in [0.1, 0.15) is 32.1 Å². The Balaban J connectivity index is 2.02. The SMILES string of the molecule is N#CCSc1nc2ccccc2c(=O)n1CC1CCCCC1. The summed E-state index contributed by atoms with van der Waals surface area (Å²) in [5.41, 5.74) is 0.740. The van der Waals surface area contributed by atoms with Crippen LogP contribution in [0.3, 0.4) is 0 Å². The maximum absolute atomic E-state index is 12.8. The fourth-order valence-electron chi connectivity index (χ4n) is 3.14. The van der Waals surface area contributed by atoms with Gasteiger partial charge in [0.05, 0.1) is 22.7 Å². The van der Waals surface area contributed by atoms with Crippen LogP contribution < -0.4 is 5.56 Å². The average molecular weight is 313 g/mol. The summed E-state index contributed by atoms with van der Waals surface area (Å²) in [5, 5.41) is 10.2. The normalized spacial score (nSPS) is 15.8. The van der Waals surface area contributed by atoms with Crippen molar-refractivity contribution in [3.63, 3.8) is 0 Å². The Labute approximate surface area is 134 Å². The molecule has 2 aromatic rings. The first-order valence-corrected chi connectivity index (χ1v) is 8.77. The highest BCUT2D eigenvalue weighted by molar-refractivity contribution is 7.99. The van der Waals surface area contributed by atoms with E-state index < -0.39 is 0 Å². The Hall–Kier alpha value is -1.80. The van der Waals surface area contributed by atoms with Gasteiger partial charge in [0, 0.05) is 6.54 Å². The Kier molecular flexibility index (Phi) is 4.79. The third-order valence-electron chi connectivity index (χ3n) is 4.26. The molecule has 0 saturated heterocycles. The standard InChI is InChI=1S/C17H19N3OS/c18-10-11-22-17-19-15-9-5-4-8-14(15)16(21)20(17)12-13-6-2-1-3-7-13/h4-5,8-9,13H,1-3,6-7,11-12H2. The topological polar surface area (TPSA) is 58.7 Å². The molecule has 22 heavy (non-hydrogen) atoms. The van der Waals surface area contributed by atoms with Gasteiger partial charge in [0.15, 0.2) is 5.16 Å². The van der Waals surface area contributed by atoms with E-state index in [1.807, 2.05) is 24.3 Å².